The van der Waals surface area contributed by atoms with E-state index < -0.39 is 0 Å². The van der Waals surface area contributed by atoms with Crippen LogP contribution in [0.2, 0.25) is 0 Å². The minimum Gasteiger partial charge on any atom is -0.339 e. The number of carbonyl (C=O) groups excluding carboxylic acids is 2. The van der Waals surface area contributed by atoms with Crippen LogP contribution < -0.4 is 10.6 Å². The van der Waals surface area contributed by atoms with Gasteiger partial charge in [0.25, 0.3) is 5.91 Å². The monoisotopic (exact) mass is 343 g/mol. The number of carbonyl (C=O) groups is 2. The van der Waals surface area contributed by atoms with Crippen molar-refractivity contribution < 1.29 is 9.59 Å². The summed E-state index contributed by atoms with van der Waals surface area (Å²) in [7, 11) is 0. The highest BCUT2D eigenvalue weighted by Gasteiger charge is 2.24. The predicted octanol–water partition coefficient (Wildman–Crippen LogP) is 2.95. The second kappa shape index (κ2) is 8.48. The Morgan fingerprint density at radius 1 is 1.20 bits per heavy atom. The Kier molecular flexibility index (Phi) is 6.08. The van der Waals surface area contributed by atoms with Crippen LogP contribution in [0.4, 0.5) is 5.69 Å². The molecule has 5 heteroatoms. The third-order valence-corrected chi connectivity index (χ3v) is 5.39. The number of amides is 2. The number of aryl methyl sites for hydroxylation is 1. The lowest BCUT2D eigenvalue weighted by Gasteiger charge is -2.22. The molecular formula is C20H29N3O2. The Bertz CT molecular complexity index is 617. The first-order valence-electron chi connectivity index (χ1n) is 9.54. The Hall–Kier alpha value is -1.88. The molecule has 25 heavy (non-hydrogen) atoms. The standard InChI is InChI=1S/C20H29N3O2/c1-15-5-4-6-17(19(15)20(25)23-13-2-3-14-23)22-18(24)8-7-16-9-11-21-12-10-16/h4-6,16,21H,2-3,7-14H2,1H3,(H,22,24). The van der Waals surface area contributed by atoms with Crippen LogP contribution >= 0.6 is 0 Å². The van der Waals surface area contributed by atoms with Gasteiger partial charge in [0.15, 0.2) is 0 Å². The van der Waals surface area contributed by atoms with Crippen molar-refractivity contribution >= 4 is 17.5 Å². The summed E-state index contributed by atoms with van der Waals surface area (Å²) in [5.41, 5.74) is 2.24. The first kappa shape index (κ1) is 17.9. The van der Waals surface area contributed by atoms with Crippen molar-refractivity contribution in [1.82, 2.24) is 10.2 Å². The molecule has 2 aliphatic rings. The molecule has 0 radical (unpaired) electrons. The highest BCUT2D eigenvalue weighted by Crippen LogP contribution is 2.24. The van der Waals surface area contributed by atoms with Gasteiger partial charge in [-0.25, -0.2) is 0 Å². The third-order valence-electron chi connectivity index (χ3n) is 5.39. The van der Waals surface area contributed by atoms with E-state index in [0.717, 1.165) is 63.8 Å². The van der Waals surface area contributed by atoms with Gasteiger partial charge >= 0.3 is 0 Å². The molecular weight excluding hydrogens is 314 g/mol. The largest absolute Gasteiger partial charge is 0.339 e. The topological polar surface area (TPSA) is 61.4 Å². The Balaban J connectivity index is 1.64. The van der Waals surface area contributed by atoms with Crippen LogP contribution in [-0.2, 0) is 4.79 Å². The molecule has 2 amide bonds. The third kappa shape index (κ3) is 4.60. The molecule has 0 unspecified atom stereocenters. The molecule has 0 bridgehead atoms. The van der Waals surface area contributed by atoms with Gasteiger partial charge in [-0.05, 0) is 69.7 Å². The summed E-state index contributed by atoms with van der Waals surface area (Å²) in [6.45, 7) is 5.68. The van der Waals surface area contributed by atoms with Crippen molar-refractivity contribution in [2.75, 3.05) is 31.5 Å². The highest BCUT2D eigenvalue weighted by atomic mass is 16.2. The molecule has 5 nitrogen and oxygen atoms in total. The van der Waals surface area contributed by atoms with Crippen molar-refractivity contribution in [2.24, 2.45) is 5.92 Å². The maximum Gasteiger partial charge on any atom is 0.256 e. The van der Waals surface area contributed by atoms with E-state index >= 15 is 0 Å². The number of rotatable bonds is 5. The van der Waals surface area contributed by atoms with Crippen molar-refractivity contribution in [3.8, 4) is 0 Å². The molecule has 2 aliphatic heterocycles. The normalized spacial score (nSPS) is 18.4. The minimum absolute atomic E-state index is 0.0135. The van der Waals surface area contributed by atoms with E-state index in [2.05, 4.69) is 10.6 Å². The first-order chi connectivity index (χ1) is 12.1. The van der Waals surface area contributed by atoms with Crippen LogP contribution in [0.5, 0.6) is 0 Å². The zero-order valence-electron chi connectivity index (χ0n) is 15.1. The van der Waals surface area contributed by atoms with Gasteiger partial charge < -0.3 is 15.5 Å². The van der Waals surface area contributed by atoms with Gasteiger partial charge in [0, 0.05) is 19.5 Å². The molecule has 136 valence electrons. The van der Waals surface area contributed by atoms with Crippen LogP contribution in [-0.4, -0.2) is 42.9 Å². The fraction of sp³-hybridized carbons (Fsp3) is 0.600. The smallest absolute Gasteiger partial charge is 0.256 e. The lowest BCUT2D eigenvalue weighted by atomic mass is 9.93. The molecule has 0 aliphatic carbocycles. The second-order valence-corrected chi connectivity index (χ2v) is 7.28. The Morgan fingerprint density at radius 3 is 2.64 bits per heavy atom. The summed E-state index contributed by atoms with van der Waals surface area (Å²) < 4.78 is 0. The Morgan fingerprint density at radius 2 is 1.92 bits per heavy atom. The number of likely N-dealkylation sites (tertiary alicyclic amines) is 1. The molecule has 0 atom stereocenters. The second-order valence-electron chi connectivity index (χ2n) is 7.28. The molecule has 0 aromatic heterocycles. The molecule has 2 saturated heterocycles. The van der Waals surface area contributed by atoms with E-state index in [9.17, 15) is 9.59 Å². The zero-order valence-corrected chi connectivity index (χ0v) is 15.1. The number of anilines is 1. The number of hydrogen-bond acceptors (Lipinski definition) is 3. The van der Waals surface area contributed by atoms with Gasteiger partial charge in [-0.1, -0.05) is 12.1 Å². The molecule has 1 aromatic rings. The summed E-state index contributed by atoms with van der Waals surface area (Å²) >= 11 is 0. The van der Waals surface area contributed by atoms with Gasteiger partial charge in [-0.2, -0.15) is 0 Å². The van der Waals surface area contributed by atoms with E-state index in [-0.39, 0.29) is 11.8 Å². The SMILES string of the molecule is Cc1cccc(NC(=O)CCC2CCNCC2)c1C(=O)N1CCCC1. The summed E-state index contributed by atoms with van der Waals surface area (Å²) in [5, 5.41) is 6.35. The van der Waals surface area contributed by atoms with Gasteiger partial charge in [0.05, 0.1) is 11.3 Å². The first-order valence-corrected chi connectivity index (χ1v) is 9.54. The zero-order chi connectivity index (χ0) is 17.6. The van der Waals surface area contributed by atoms with Crippen LogP contribution in [0.3, 0.4) is 0 Å². The van der Waals surface area contributed by atoms with Crippen LogP contribution in [0.15, 0.2) is 18.2 Å². The Labute approximate surface area is 150 Å². The van der Waals surface area contributed by atoms with Crippen molar-refractivity contribution in [3.63, 3.8) is 0 Å². The van der Waals surface area contributed by atoms with E-state index in [4.69, 9.17) is 0 Å². The summed E-state index contributed by atoms with van der Waals surface area (Å²) in [6, 6.07) is 5.69. The number of nitrogens with one attached hydrogen (secondary N) is 2. The van der Waals surface area contributed by atoms with Crippen molar-refractivity contribution in [3.05, 3.63) is 29.3 Å². The molecule has 0 spiro atoms. The van der Waals surface area contributed by atoms with Crippen molar-refractivity contribution in [2.45, 2.75) is 45.4 Å². The van der Waals surface area contributed by atoms with E-state index in [1.807, 2.05) is 30.0 Å². The maximum absolute atomic E-state index is 12.8. The summed E-state index contributed by atoms with van der Waals surface area (Å²) in [4.78, 5) is 27.1. The number of hydrogen-bond donors (Lipinski definition) is 2. The predicted molar refractivity (Wildman–Crippen MR) is 99.8 cm³/mol. The van der Waals surface area contributed by atoms with Gasteiger partial charge in [-0.15, -0.1) is 0 Å². The lowest BCUT2D eigenvalue weighted by Crippen LogP contribution is -2.30. The van der Waals surface area contributed by atoms with Gasteiger partial charge in [0.2, 0.25) is 5.91 Å². The minimum atomic E-state index is 0.0135. The molecule has 0 saturated carbocycles. The molecule has 1 aromatic carbocycles. The average molecular weight is 343 g/mol. The number of benzene rings is 1. The quantitative estimate of drug-likeness (QED) is 0.864. The highest BCUT2D eigenvalue weighted by molar-refractivity contribution is 6.04. The van der Waals surface area contributed by atoms with Crippen molar-refractivity contribution in [1.29, 1.82) is 0 Å². The number of piperidine rings is 1. The average Bonchev–Trinajstić information content (AvgIpc) is 3.15. The van der Waals surface area contributed by atoms with Crippen LogP contribution in [0, 0.1) is 12.8 Å². The maximum atomic E-state index is 12.8. The lowest BCUT2D eigenvalue weighted by molar-refractivity contribution is -0.116. The molecule has 3 rings (SSSR count). The van der Waals surface area contributed by atoms with E-state index in [1.165, 1.54) is 0 Å². The van der Waals surface area contributed by atoms with Gasteiger partial charge in [-0.3, -0.25) is 9.59 Å². The van der Waals surface area contributed by atoms with Crippen LogP contribution in [0.25, 0.3) is 0 Å². The van der Waals surface area contributed by atoms with Gasteiger partial charge in [0.1, 0.15) is 0 Å². The summed E-state index contributed by atoms with van der Waals surface area (Å²) in [6.07, 6.45) is 5.88. The van der Waals surface area contributed by atoms with E-state index in [0.29, 0.717) is 23.6 Å². The van der Waals surface area contributed by atoms with E-state index in [1.54, 1.807) is 0 Å². The number of nitrogens with zero attached hydrogens (tertiary/aromatic N) is 1. The molecule has 2 heterocycles. The summed E-state index contributed by atoms with van der Waals surface area (Å²) in [5.74, 6) is 0.694. The van der Waals surface area contributed by atoms with Crippen LogP contribution in [0.1, 0.15) is 54.4 Å². The molecule has 2 fully saturated rings. The fourth-order valence-electron chi connectivity index (χ4n) is 3.85. The fourth-order valence-corrected chi connectivity index (χ4v) is 3.85. The molecule has 2 N–H and O–H groups in total.